The van der Waals surface area contributed by atoms with Crippen LogP contribution in [0.1, 0.15) is 55.7 Å². The van der Waals surface area contributed by atoms with Crippen LogP contribution in [0.2, 0.25) is 0 Å². The summed E-state index contributed by atoms with van der Waals surface area (Å²) >= 11 is 0. The highest BCUT2D eigenvalue weighted by Crippen LogP contribution is 2.36. The van der Waals surface area contributed by atoms with E-state index in [0.717, 1.165) is 60.4 Å². The zero-order chi connectivity index (χ0) is 25.9. The molecule has 0 radical (unpaired) electrons. The lowest BCUT2D eigenvalue weighted by Gasteiger charge is -2.36. The lowest BCUT2D eigenvalue weighted by atomic mass is 9.87. The third-order valence-corrected chi connectivity index (χ3v) is 6.99. The number of hydrogen-bond acceptors (Lipinski definition) is 6. The lowest BCUT2D eigenvalue weighted by molar-refractivity contribution is 0.0999. The number of nitrogens with zero attached hydrogens (tertiary/aromatic N) is 1. The average molecular weight is 578 g/mol. The number of hydrogen-bond donors (Lipinski definition) is 3. The molecule has 1 aliphatic rings. The lowest BCUT2D eigenvalue weighted by Crippen LogP contribution is -2.49. The standard InChI is InChI=1S/C31H40N2O4.2ClH/c1-2-3-4-8-20-33(26-12-17-29-25(22-26)11-18-30(34)31(29)35)32-19-21-36-27-13-15-28(16-14-27)37-23-24-9-6-5-7-10-24;;/h5-7,9-11,13-16,18,26,32,34-35H,2-4,8,12,17,19-23H2,1H3;2*1H. The second-order valence-corrected chi connectivity index (χ2v) is 9.72. The summed E-state index contributed by atoms with van der Waals surface area (Å²) in [6.45, 7) is 5.04. The maximum Gasteiger partial charge on any atom is 0.160 e. The Balaban J connectivity index is 0.00000267. The van der Waals surface area contributed by atoms with Gasteiger partial charge in [-0.1, -0.05) is 62.6 Å². The Morgan fingerprint density at radius 1 is 0.872 bits per heavy atom. The van der Waals surface area contributed by atoms with Crippen molar-refractivity contribution in [1.82, 2.24) is 10.4 Å². The number of fused-ring (bicyclic) bond motifs is 1. The van der Waals surface area contributed by atoms with Crippen molar-refractivity contribution >= 4 is 24.8 Å². The number of phenolic OH excluding ortho intramolecular Hbond substituents is 2. The maximum absolute atomic E-state index is 10.2. The number of rotatable bonds is 14. The number of hydrazine groups is 1. The number of benzene rings is 3. The third-order valence-electron chi connectivity index (χ3n) is 6.99. The first kappa shape index (κ1) is 32.6. The van der Waals surface area contributed by atoms with Gasteiger partial charge in [0, 0.05) is 24.7 Å². The van der Waals surface area contributed by atoms with Crippen molar-refractivity contribution in [2.24, 2.45) is 0 Å². The van der Waals surface area contributed by atoms with Gasteiger partial charge in [0.25, 0.3) is 0 Å². The van der Waals surface area contributed by atoms with E-state index in [2.05, 4.69) is 29.5 Å². The molecule has 8 heteroatoms. The molecule has 1 aliphatic carbocycles. The van der Waals surface area contributed by atoms with Crippen LogP contribution < -0.4 is 14.9 Å². The van der Waals surface area contributed by atoms with E-state index in [0.29, 0.717) is 25.8 Å². The number of phenols is 2. The van der Waals surface area contributed by atoms with E-state index in [1.165, 1.54) is 19.3 Å². The molecule has 214 valence electrons. The Morgan fingerprint density at radius 2 is 1.59 bits per heavy atom. The van der Waals surface area contributed by atoms with Crippen LogP contribution in [0.5, 0.6) is 23.0 Å². The van der Waals surface area contributed by atoms with Crippen LogP contribution >= 0.6 is 24.8 Å². The van der Waals surface area contributed by atoms with Gasteiger partial charge in [-0.05, 0) is 67.1 Å². The molecule has 1 unspecified atom stereocenters. The molecule has 0 spiro atoms. The van der Waals surface area contributed by atoms with Crippen LogP contribution in [0.15, 0.2) is 66.7 Å². The van der Waals surface area contributed by atoms with Gasteiger partial charge in [0.15, 0.2) is 11.5 Å². The van der Waals surface area contributed by atoms with E-state index < -0.39 is 0 Å². The van der Waals surface area contributed by atoms with Crippen LogP contribution in [0, 0.1) is 0 Å². The molecule has 3 N–H and O–H groups in total. The number of halogens is 2. The van der Waals surface area contributed by atoms with Crippen molar-refractivity contribution in [2.75, 3.05) is 19.7 Å². The monoisotopic (exact) mass is 576 g/mol. The Labute approximate surface area is 245 Å². The molecule has 4 rings (SSSR count). The van der Waals surface area contributed by atoms with E-state index in [1.54, 1.807) is 6.07 Å². The molecule has 39 heavy (non-hydrogen) atoms. The molecule has 0 aromatic heterocycles. The van der Waals surface area contributed by atoms with Crippen LogP contribution in [0.4, 0.5) is 0 Å². The normalized spacial score (nSPS) is 14.2. The summed E-state index contributed by atoms with van der Waals surface area (Å²) in [4.78, 5) is 0. The number of aromatic hydroxyl groups is 2. The fourth-order valence-corrected chi connectivity index (χ4v) is 4.90. The van der Waals surface area contributed by atoms with Gasteiger partial charge < -0.3 is 19.7 Å². The molecule has 0 aliphatic heterocycles. The van der Waals surface area contributed by atoms with E-state index in [-0.39, 0.29) is 36.3 Å². The van der Waals surface area contributed by atoms with Crippen molar-refractivity contribution in [3.05, 3.63) is 83.4 Å². The summed E-state index contributed by atoms with van der Waals surface area (Å²) in [7, 11) is 0. The van der Waals surface area contributed by atoms with Crippen LogP contribution in [-0.4, -0.2) is 41.0 Å². The first-order valence-corrected chi connectivity index (χ1v) is 13.6. The second-order valence-electron chi connectivity index (χ2n) is 9.72. The number of unbranched alkanes of at least 4 members (excludes halogenated alkanes) is 3. The molecule has 0 amide bonds. The van der Waals surface area contributed by atoms with Crippen LogP contribution in [0.3, 0.4) is 0 Å². The number of nitrogens with one attached hydrogen (secondary N) is 1. The Bertz CT molecular complexity index is 1100. The zero-order valence-corrected chi connectivity index (χ0v) is 24.3. The van der Waals surface area contributed by atoms with Gasteiger partial charge in [-0.25, -0.2) is 5.01 Å². The summed E-state index contributed by atoms with van der Waals surface area (Å²) in [5.41, 5.74) is 6.77. The number of ether oxygens (including phenoxy) is 2. The van der Waals surface area contributed by atoms with Crippen molar-refractivity contribution in [1.29, 1.82) is 0 Å². The smallest absolute Gasteiger partial charge is 0.160 e. The highest BCUT2D eigenvalue weighted by atomic mass is 35.5. The highest BCUT2D eigenvalue weighted by Gasteiger charge is 2.26. The van der Waals surface area contributed by atoms with Crippen molar-refractivity contribution < 1.29 is 19.7 Å². The Kier molecular flexibility index (Phi) is 14.3. The minimum absolute atomic E-state index is 0. The zero-order valence-electron chi connectivity index (χ0n) is 22.7. The molecule has 0 saturated heterocycles. The maximum atomic E-state index is 10.2. The first-order chi connectivity index (χ1) is 18.1. The largest absolute Gasteiger partial charge is 0.504 e. The molecule has 3 aromatic rings. The van der Waals surface area contributed by atoms with Gasteiger partial charge in [0.1, 0.15) is 24.7 Å². The van der Waals surface area contributed by atoms with E-state index >= 15 is 0 Å². The van der Waals surface area contributed by atoms with Gasteiger partial charge in [-0.2, -0.15) is 0 Å². The minimum Gasteiger partial charge on any atom is -0.504 e. The van der Waals surface area contributed by atoms with Gasteiger partial charge in [0.05, 0.1) is 0 Å². The molecule has 0 heterocycles. The molecule has 3 aromatic carbocycles. The summed E-state index contributed by atoms with van der Waals surface area (Å²) in [6, 6.07) is 21.8. The fourth-order valence-electron chi connectivity index (χ4n) is 4.90. The van der Waals surface area contributed by atoms with Crippen molar-refractivity contribution in [3.8, 4) is 23.0 Å². The SMILES string of the molecule is CCCCCCN(NCCOc1ccc(OCc2ccccc2)cc1)C1CCc2c(ccc(O)c2O)C1.Cl.Cl. The first-order valence-electron chi connectivity index (χ1n) is 13.6. The van der Waals surface area contributed by atoms with Crippen LogP contribution in [0.25, 0.3) is 0 Å². The summed E-state index contributed by atoms with van der Waals surface area (Å²) in [5, 5.41) is 22.5. The predicted molar refractivity (Wildman–Crippen MR) is 162 cm³/mol. The Morgan fingerprint density at radius 3 is 2.31 bits per heavy atom. The Hall–Kier alpha value is -2.64. The van der Waals surface area contributed by atoms with Crippen molar-refractivity contribution in [3.63, 3.8) is 0 Å². The molecule has 1 atom stereocenters. The van der Waals surface area contributed by atoms with Gasteiger partial charge in [0.2, 0.25) is 0 Å². The highest BCUT2D eigenvalue weighted by molar-refractivity contribution is 5.85. The molecule has 0 bridgehead atoms. The predicted octanol–water partition coefficient (Wildman–Crippen LogP) is 6.84. The van der Waals surface area contributed by atoms with Gasteiger partial charge >= 0.3 is 0 Å². The molecular weight excluding hydrogens is 535 g/mol. The van der Waals surface area contributed by atoms with E-state index in [9.17, 15) is 10.2 Å². The third kappa shape index (κ3) is 9.80. The van der Waals surface area contributed by atoms with E-state index in [4.69, 9.17) is 9.47 Å². The molecule has 0 saturated carbocycles. The average Bonchev–Trinajstić information content (AvgIpc) is 2.94. The van der Waals surface area contributed by atoms with Gasteiger partial charge in [-0.3, -0.25) is 5.43 Å². The topological polar surface area (TPSA) is 74.2 Å². The van der Waals surface area contributed by atoms with E-state index in [1.807, 2.05) is 48.5 Å². The van der Waals surface area contributed by atoms with Crippen LogP contribution in [-0.2, 0) is 19.4 Å². The molecular formula is C31H42Cl2N2O4. The quantitative estimate of drug-likeness (QED) is 0.111. The van der Waals surface area contributed by atoms with Gasteiger partial charge in [-0.15, -0.1) is 24.8 Å². The molecule has 6 nitrogen and oxygen atoms in total. The molecule has 0 fully saturated rings. The minimum atomic E-state index is -0.0281. The summed E-state index contributed by atoms with van der Waals surface area (Å²) < 4.78 is 11.8. The summed E-state index contributed by atoms with van der Waals surface area (Å²) in [6.07, 6.45) is 7.41. The second kappa shape index (κ2) is 17.1. The van der Waals surface area contributed by atoms with Crippen molar-refractivity contribution in [2.45, 2.75) is 64.5 Å². The summed E-state index contributed by atoms with van der Waals surface area (Å²) in [5.74, 6) is 1.66. The fraction of sp³-hybridized carbons (Fsp3) is 0.419.